The summed E-state index contributed by atoms with van der Waals surface area (Å²) in [5, 5.41) is 59.5. The zero-order valence-corrected chi connectivity index (χ0v) is 17.7. The van der Waals surface area contributed by atoms with Crippen LogP contribution in [0.15, 0.2) is 30.3 Å². The van der Waals surface area contributed by atoms with E-state index in [1.54, 1.807) is 24.3 Å². The molecule has 0 amide bonds. The molecule has 1 heterocycles. The molecule has 0 spiro atoms. The minimum Gasteiger partial charge on any atom is -0.504 e. The first-order valence-electron chi connectivity index (χ1n) is 10.0. The van der Waals surface area contributed by atoms with Gasteiger partial charge in [0.25, 0.3) is 0 Å². The second-order valence-electron chi connectivity index (χ2n) is 7.47. The van der Waals surface area contributed by atoms with Crippen molar-refractivity contribution in [2.24, 2.45) is 0 Å². The summed E-state index contributed by atoms with van der Waals surface area (Å²) in [7, 11) is 2.91. The lowest BCUT2D eigenvalue weighted by Gasteiger charge is -2.39. The van der Waals surface area contributed by atoms with Gasteiger partial charge in [0, 0.05) is 0 Å². The molecule has 0 aliphatic carbocycles. The number of phenolic OH excluding ortho intramolecular Hbond substituents is 2. The van der Waals surface area contributed by atoms with Crippen LogP contribution in [0.1, 0.15) is 11.1 Å². The Kier molecular flexibility index (Phi) is 7.64. The first kappa shape index (κ1) is 23.9. The van der Waals surface area contributed by atoms with Gasteiger partial charge in [-0.05, 0) is 48.2 Å². The van der Waals surface area contributed by atoms with Crippen molar-refractivity contribution in [1.82, 2.24) is 0 Å². The third-order valence-electron chi connectivity index (χ3n) is 5.34. The van der Waals surface area contributed by atoms with Crippen LogP contribution in [-0.2, 0) is 17.6 Å². The fourth-order valence-corrected chi connectivity index (χ4v) is 3.53. The summed E-state index contributed by atoms with van der Waals surface area (Å²) < 4.78 is 21.2. The smallest absolute Gasteiger partial charge is 0.229 e. The molecule has 32 heavy (non-hydrogen) atoms. The number of hydrogen-bond acceptors (Lipinski definition) is 10. The van der Waals surface area contributed by atoms with E-state index in [9.17, 15) is 30.6 Å². The Balaban J connectivity index is 1.73. The van der Waals surface area contributed by atoms with Gasteiger partial charge in [0.1, 0.15) is 24.4 Å². The summed E-state index contributed by atoms with van der Waals surface area (Å²) in [6.45, 7) is -0.588. The minimum absolute atomic E-state index is 0.00184. The molecule has 5 atom stereocenters. The van der Waals surface area contributed by atoms with E-state index >= 15 is 0 Å². The fraction of sp³-hybridized carbons (Fsp3) is 0.455. The van der Waals surface area contributed by atoms with Crippen LogP contribution in [0.5, 0.6) is 28.7 Å². The highest BCUT2D eigenvalue weighted by molar-refractivity contribution is 5.53. The lowest BCUT2D eigenvalue weighted by atomic mass is 9.99. The van der Waals surface area contributed by atoms with E-state index in [0.29, 0.717) is 18.6 Å². The van der Waals surface area contributed by atoms with Gasteiger partial charge in [0.05, 0.1) is 20.8 Å². The van der Waals surface area contributed by atoms with Crippen LogP contribution in [0.3, 0.4) is 0 Å². The minimum atomic E-state index is -1.59. The molecule has 10 heteroatoms. The average Bonchev–Trinajstić information content (AvgIpc) is 2.79. The van der Waals surface area contributed by atoms with E-state index in [1.807, 2.05) is 0 Å². The molecule has 0 aromatic heterocycles. The van der Waals surface area contributed by atoms with Gasteiger partial charge < -0.3 is 49.6 Å². The number of aryl methyl sites for hydroxylation is 2. The van der Waals surface area contributed by atoms with Crippen molar-refractivity contribution in [2.75, 3.05) is 20.8 Å². The van der Waals surface area contributed by atoms with E-state index in [2.05, 4.69) is 0 Å². The highest BCUT2D eigenvalue weighted by Crippen LogP contribution is 2.38. The highest BCUT2D eigenvalue weighted by atomic mass is 16.7. The van der Waals surface area contributed by atoms with E-state index in [-0.39, 0.29) is 23.0 Å². The predicted molar refractivity (Wildman–Crippen MR) is 111 cm³/mol. The number of methoxy groups -OCH3 is 2. The van der Waals surface area contributed by atoms with Crippen LogP contribution in [-0.4, -0.2) is 82.2 Å². The quantitative estimate of drug-likeness (QED) is 0.324. The number of benzene rings is 2. The van der Waals surface area contributed by atoms with Gasteiger partial charge in [0.2, 0.25) is 12.0 Å². The Morgan fingerprint density at radius 1 is 0.812 bits per heavy atom. The summed E-state index contributed by atoms with van der Waals surface area (Å²) in [5.74, 6) is 0.395. The van der Waals surface area contributed by atoms with Gasteiger partial charge in [-0.1, -0.05) is 6.07 Å². The molecule has 1 saturated heterocycles. The van der Waals surface area contributed by atoms with Gasteiger partial charge in [-0.2, -0.15) is 0 Å². The third kappa shape index (κ3) is 5.00. The van der Waals surface area contributed by atoms with Crippen molar-refractivity contribution >= 4 is 0 Å². The first-order valence-corrected chi connectivity index (χ1v) is 10.0. The summed E-state index contributed by atoms with van der Waals surface area (Å²) in [5.41, 5.74) is 1.57. The largest absolute Gasteiger partial charge is 0.504 e. The van der Waals surface area contributed by atoms with Crippen LogP contribution in [0.4, 0.5) is 0 Å². The van der Waals surface area contributed by atoms with Crippen molar-refractivity contribution in [3.8, 4) is 28.7 Å². The number of hydrogen-bond donors (Lipinski definition) is 6. The van der Waals surface area contributed by atoms with Crippen LogP contribution >= 0.6 is 0 Å². The molecule has 2 aromatic carbocycles. The number of phenols is 2. The molecule has 0 bridgehead atoms. The van der Waals surface area contributed by atoms with E-state index in [0.717, 1.165) is 11.1 Å². The van der Waals surface area contributed by atoms with Gasteiger partial charge >= 0.3 is 0 Å². The number of ether oxygens (including phenoxy) is 4. The molecule has 1 aliphatic rings. The molecule has 0 saturated carbocycles. The number of rotatable bonds is 8. The number of aromatic hydroxyl groups is 2. The maximum atomic E-state index is 10.2. The summed E-state index contributed by atoms with van der Waals surface area (Å²) in [6, 6.07) is 7.99. The fourth-order valence-electron chi connectivity index (χ4n) is 3.53. The van der Waals surface area contributed by atoms with E-state index in [4.69, 9.17) is 18.9 Å². The molecule has 176 valence electrons. The van der Waals surface area contributed by atoms with Crippen molar-refractivity contribution in [3.63, 3.8) is 0 Å². The molecular formula is C22H28O10. The third-order valence-corrected chi connectivity index (χ3v) is 5.34. The molecule has 2 aromatic rings. The summed E-state index contributed by atoms with van der Waals surface area (Å²) in [6.07, 6.45) is -6.18. The van der Waals surface area contributed by atoms with Gasteiger partial charge in [-0.3, -0.25) is 0 Å². The maximum Gasteiger partial charge on any atom is 0.229 e. The Hall–Kier alpha value is -2.76. The topological polar surface area (TPSA) is 158 Å². The van der Waals surface area contributed by atoms with Crippen LogP contribution in [0.2, 0.25) is 0 Å². The van der Waals surface area contributed by atoms with Gasteiger partial charge in [-0.15, -0.1) is 0 Å². The normalized spacial score (nSPS) is 25.4. The Morgan fingerprint density at radius 3 is 2.16 bits per heavy atom. The molecule has 6 N–H and O–H groups in total. The lowest BCUT2D eigenvalue weighted by molar-refractivity contribution is -0.277. The van der Waals surface area contributed by atoms with Crippen molar-refractivity contribution in [2.45, 2.75) is 43.5 Å². The second-order valence-corrected chi connectivity index (χ2v) is 7.47. The molecule has 10 nitrogen and oxygen atoms in total. The highest BCUT2D eigenvalue weighted by Gasteiger charge is 2.44. The van der Waals surface area contributed by atoms with Crippen molar-refractivity contribution in [1.29, 1.82) is 0 Å². The zero-order chi connectivity index (χ0) is 23.4. The Bertz CT molecular complexity index is 916. The van der Waals surface area contributed by atoms with Gasteiger partial charge in [-0.25, -0.2) is 0 Å². The van der Waals surface area contributed by atoms with E-state index in [1.165, 1.54) is 20.3 Å². The maximum absolute atomic E-state index is 10.2. The average molecular weight is 452 g/mol. The molecular weight excluding hydrogens is 424 g/mol. The molecule has 1 fully saturated rings. The zero-order valence-electron chi connectivity index (χ0n) is 17.7. The number of aliphatic hydroxyl groups excluding tert-OH is 4. The summed E-state index contributed by atoms with van der Waals surface area (Å²) >= 11 is 0. The molecule has 0 radical (unpaired) electrons. The molecule has 0 unspecified atom stereocenters. The van der Waals surface area contributed by atoms with Gasteiger partial charge in [0.15, 0.2) is 23.0 Å². The second kappa shape index (κ2) is 10.2. The molecule has 3 rings (SSSR count). The standard InChI is InChI=1S/C22H28O10/c1-29-16-9-12(7-14(25)21(16)30-2)4-3-11-5-6-13(24)15(8-11)31-22-20(28)19(27)18(26)17(10-23)32-22/h5-9,17-20,22-28H,3-4,10H2,1-2H3/t17-,18-,19+,20-,22-/m1/s1. The Labute approximate surface area is 184 Å². The lowest BCUT2D eigenvalue weighted by Crippen LogP contribution is -2.60. The monoisotopic (exact) mass is 452 g/mol. The van der Waals surface area contributed by atoms with Crippen molar-refractivity contribution in [3.05, 3.63) is 41.5 Å². The Morgan fingerprint density at radius 2 is 1.50 bits per heavy atom. The molecule has 1 aliphatic heterocycles. The first-order chi connectivity index (χ1) is 15.3. The SMILES string of the molecule is COc1cc(CCc2ccc(O)c(O[C@@H]3O[C@H](CO)[C@@H](O)[C@H](O)[C@H]3O)c2)cc(O)c1OC. The van der Waals surface area contributed by atoms with Crippen LogP contribution in [0.25, 0.3) is 0 Å². The summed E-state index contributed by atoms with van der Waals surface area (Å²) in [4.78, 5) is 0. The van der Waals surface area contributed by atoms with Crippen molar-refractivity contribution < 1.29 is 49.6 Å². The number of aliphatic hydroxyl groups is 4. The van der Waals surface area contributed by atoms with E-state index < -0.39 is 37.3 Å². The van der Waals surface area contributed by atoms with Crippen LogP contribution < -0.4 is 14.2 Å². The van der Waals surface area contributed by atoms with Crippen LogP contribution in [0, 0.1) is 0 Å². The predicted octanol–water partition coefficient (Wildman–Crippen LogP) is 0.0789.